The van der Waals surface area contributed by atoms with E-state index in [-0.39, 0.29) is 4.90 Å². The number of nitrogens with two attached hydrogens (primary N) is 1. The first-order valence-corrected chi connectivity index (χ1v) is 8.20. The van der Waals surface area contributed by atoms with Crippen LogP contribution >= 0.6 is 0 Å². The molecule has 3 N–H and O–H groups in total. The molecule has 1 heterocycles. The first kappa shape index (κ1) is 13.9. The van der Waals surface area contributed by atoms with Crippen LogP contribution in [0.2, 0.25) is 0 Å². The van der Waals surface area contributed by atoms with Crippen LogP contribution in [0.25, 0.3) is 0 Å². The van der Waals surface area contributed by atoms with Gasteiger partial charge in [-0.05, 0) is 43.3 Å². The summed E-state index contributed by atoms with van der Waals surface area (Å²) in [5.41, 5.74) is 9.79. The molecule has 0 bridgehead atoms. The number of nitrogens with one attached hydrogen (secondary N) is 1. The summed E-state index contributed by atoms with van der Waals surface area (Å²) in [6, 6.07) is 13.0. The van der Waals surface area contributed by atoms with E-state index in [1.54, 1.807) is 12.1 Å². The van der Waals surface area contributed by atoms with Gasteiger partial charge in [0.1, 0.15) is 0 Å². The molecule has 0 atom stereocenters. The average molecular weight is 303 g/mol. The minimum atomic E-state index is -3.47. The highest BCUT2D eigenvalue weighted by Crippen LogP contribution is 2.37. The van der Waals surface area contributed by atoms with Gasteiger partial charge in [-0.15, -0.1) is 0 Å². The standard InChI is InChI=1S/C15H17N3O2S/c1-17-21(19,20)12-6-7-15(13(16)10-12)18-9-8-11-4-2-3-5-14(11)18/h2-7,10,17H,8-9,16H2,1H3. The Kier molecular flexibility index (Phi) is 3.35. The minimum Gasteiger partial charge on any atom is -0.397 e. The molecule has 5 nitrogen and oxygen atoms in total. The summed E-state index contributed by atoms with van der Waals surface area (Å²) in [6.07, 6.45) is 0.964. The molecule has 2 aromatic rings. The van der Waals surface area contributed by atoms with Crippen molar-refractivity contribution in [3.05, 3.63) is 48.0 Å². The number of benzene rings is 2. The number of para-hydroxylation sites is 1. The molecular formula is C15H17N3O2S. The Morgan fingerprint density at radius 2 is 1.90 bits per heavy atom. The van der Waals surface area contributed by atoms with Crippen LogP contribution in [0.3, 0.4) is 0 Å². The van der Waals surface area contributed by atoms with Crippen molar-refractivity contribution in [3.8, 4) is 0 Å². The molecule has 2 aromatic carbocycles. The van der Waals surface area contributed by atoms with Crippen LogP contribution in [-0.2, 0) is 16.4 Å². The Bertz CT molecular complexity index is 787. The van der Waals surface area contributed by atoms with Crippen LogP contribution in [0.5, 0.6) is 0 Å². The number of nitrogens with zero attached hydrogens (tertiary/aromatic N) is 1. The van der Waals surface area contributed by atoms with Crippen molar-refractivity contribution in [2.75, 3.05) is 24.2 Å². The van der Waals surface area contributed by atoms with Crippen LogP contribution in [0.4, 0.5) is 17.1 Å². The highest BCUT2D eigenvalue weighted by molar-refractivity contribution is 7.89. The van der Waals surface area contributed by atoms with Crippen LogP contribution in [0, 0.1) is 0 Å². The number of nitrogen functional groups attached to an aromatic ring is 1. The minimum absolute atomic E-state index is 0.179. The van der Waals surface area contributed by atoms with Gasteiger partial charge in [-0.3, -0.25) is 0 Å². The number of hydrogen-bond acceptors (Lipinski definition) is 4. The summed E-state index contributed by atoms with van der Waals surface area (Å²) in [5.74, 6) is 0. The predicted molar refractivity (Wildman–Crippen MR) is 84.3 cm³/mol. The first-order valence-electron chi connectivity index (χ1n) is 6.71. The third-order valence-corrected chi connectivity index (χ3v) is 5.17. The SMILES string of the molecule is CNS(=O)(=O)c1ccc(N2CCc3ccccc32)c(N)c1. The fourth-order valence-electron chi connectivity index (χ4n) is 2.65. The second-order valence-electron chi connectivity index (χ2n) is 4.96. The normalized spacial score (nSPS) is 14.2. The van der Waals surface area contributed by atoms with E-state index in [0.717, 1.165) is 24.3 Å². The zero-order valence-electron chi connectivity index (χ0n) is 11.7. The lowest BCUT2D eigenvalue weighted by Crippen LogP contribution is -2.20. The van der Waals surface area contributed by atoms with E-state index in [1.807, 2.05) is 12.1 Å². The maximum Gasteiger partial charge on any atom is 0.240 e. The number of hydrogen-bond donors (Lipinski definition) is 2. The number of fused-ring (bicyclic) bond motifs is 1. The molecule has 21 heavy (non-hydrogen) atoms. The van der Waals surface area contributed by atoms with Crippen molar-refractivity contribution in [2.24, 2.45) is 0 Å². The van der Waals surface area contributed by atoms with Gasteiger partial charge >= 0.3 is 0 Å². The maximum atomic E-state index is 11.8. The summed E-state index contributed by atoms with van der Waals surface area (Å²) < 4.78 is 25.9. The lowest BCUT2D eigenvalue weighted by molar-refractivity contribution is 0.588. The van der Waals surface area contributed by atoms with Crippen molar-refractivity contribution in [3.63, 3.8) is 0 Å². The summed E-state index contributed by atoms with van der Waals surface area (Å²) in [4.78, 5) is 2.30. The zero-order valence-corrected chi connectivity index (χ0v) is 12.5. The monoisotopic (exact) mass is 303 g/mol. The van der Waals surface area contributed by atoms with Crippen molar-refractivity contribution < 1.29 is 8.42 Å². The van der Waals surface area contributed by atoms with E-state index < -0.39 is 10.0 Å². The van der Waals surface area contributed by atoms with Crippen molar-refractivity contribution >= 4 is 27.1 Å². The van der Waals surface area contributed by atoms with Gasteiger partial charge in [-0.1, -0.05) is 18.2 Å². The molecule has 0 unspecified atom stereocenters. The Balaban J connectivity index is 2.02. The summed E-state index contributed by atoms with van der Waals surface area (Å²) in [7, 11) is -2.08. The molecule has 0 spiro atoms. The molecule has 1 aliphatic heterocycles. The van der Waals surface area contributed by atoms with Crippen LogP contribution < -0.4 is 15.4 Å². The molecule has 0 saturated carbocycles. The fraction of sp³-hybridized carbons (Fsp3) is 0.200. The van der Waals surface area contributed by atoms with Gasteiger partial charge in [0.2, 0.25) is 10.0 Å². The van der Waals surface area contributed by atoms with Crippen LogP contribution in [-0.4, -0.2) is 22.0 Å². The Morgan fingerprint density at radius 1 is 1.14 bits per heavy atom. The molecule has 0 aromatic heterocycles. The van der Waals surface area contributed by atoms with E-state index in [2.05, 4.69) is 21.8 Å². The first-order chi connectivity index (χ1) is 10.0. The fourth-order valence-corrected chi connectivity index (χ4v) is 3.42. The van der Waals surface area contributed by atoms with E-state index >= 15 is 0 Å². The van der Waals surface area contributed by atoms with Crippen LogP contribution in [0.1, 0.15) is 5.56 Å². The lowest BCUT2D eigenvalue weighted by atomic mass is 10.2. The van der Waals surface area contributed by atoms with Crippen molar-refractivity contribution in [2.45, 2.75) is 11.3 Å². The molecular weight excluding hydrogens is 286 g/mol. The van der Waals surface area contributed by atoms with Gasteiger partial charge in [-0.2, -0.15) is 0 Å². The van der Waals surface area contributed by atoms with E-state index in [0.29, 0.717) is 5.69 Å². The van der Waals surface area contributed by atoms with Gasteiger partial charge < -0.3 is 10.6 Å². The Hall–Kier alpha value is -2.05. The number of anilines is 3. The van der Waals surface area contributed by atoms with Gasteiger partial charge in [-0.25, -0.2) is 13.1 Å². The highest BCUT2D eigenvalue weighted by atomic mass is 32.2. The van der Waals surface area contributed by atoms with E-state index in [1.165, 1.54) is 18.7 Å². The van der Waals surface area contributed by atoms with E-state index in [9.17, 15) is 8.42 Å². The Labute approximate surface area is 124 Å². The maximum absolute atomic E-state index is 11.8. The highest BCUT2D eigenvalue weighted by Gasteiger charge is 2.22. The number of sulfonamides is 1. The van der Waals surface area contributed by atoms with Gasteiger partial charge in [0, 0.05) is 12.2 Å². The Morgan fingerprint density at radius 3 is 2.62 bits per heavy atom. The molecule has 0 amide bonds. The smallest absolute Gasteiger partial charge is 0.240 e. The van der Waals surface area contributed by atoms with Crippen LogP contribution in [0.15, 0.2) is 47.4 Å². The molecule has 1 aliphatic rings. The zero-order chi connectivity index (χ0) is 15.0. The predicted octanol–water partition coefficient (Wildman–Crippen LogP) is 1.87. The molecule has 0 fully saturated rings. The molecule has 0 radical (unpaired) electrons. The molecule has 3 rings (SSSR count). The molecule has 110 valence electrons. The summed E-state index contributed by atoms with van der Waals surface area (Å²) in [6.45, 7) is 0.849. The summed E-state index contributed by atoms with van der Waals surface area (Å²) in [5, 5.41) is 0. The quantitative estimate of drug-likeness (QED) is 0.849. The van der Waals surface area contributed by atoms with Crippen molar-refractivity contribution in [1.29, 1.82) is 0 Å². The molecule has 0 aliphatic carbocycles. The largest absolute Gasteiger partial charge is 0.397 e. The van der Waals surface area contributed by atoms with Crippen molar-refractivity contribution in [1.82, 2.24) is 4.72 Å². The number of rotatable bonds is 3. The average Bonchev–Trinajstić information content (AvgIpc) is 2.91. The van der Waals surface area contributed by atoms with E-state index in [4.69, 9.17) is 5.73 Å². The summed E-state index contributed by atoms with van der Waals surface area (Å²) >= 11 is 0. The second kappa shape index (κ2) is 5.05. The van der Waals surface area contributed by atoms with Gasteiger partial charge in [0.05, 0.1) is 16.3 Å². The molecule has 0 saturated heterocycles. The van der Waals surface area contributed by atoms with Gasteiger partial charge in [0.25, 0.3) is 0 Å². The lowest BCUT2D eigenvalue weighted by Gasteiger charge is -2.21. The third-order valence-electron chi connectivity index (χ3n) is 3.76. The van der Waals surface area contributed by atoms with Gasteiger partial charge in [0.15, 0.2) is 0 Å². The molecule has 6 heteroatoms. The second-order valence-corrected chi connectivity index (χ2v) is 6.85. The third kappa shape index (κ3) is 2.36. The topological polar surface area (TPSA) is 75.4 Å².